The molecule has 0 aromatic heterocycles. The number of aliphatic hydroxyl groups excluding tert-OH is 1. The SMILES string of the molecule is COc1ccc(N2CCN(C(=O)OC(C)(C)C)[C@@H](CO)C2)cc1OC1CCCC1.[HH]. The van der Waals surface area contributed by atoms with Crippen LogP contribution in [0, 0.1) is 0 Å². The molecule has 1 amide bonds. The third-order valence-corrected chi connectivity index (χ3v) is 5.43. The summed E-state index contributed by atoms with van der Waals surface area (Å²) in [7, 11) is 1.65. The van der Waals surface area contributed by atoms with Gasteiger partial charge in [-0.2, -0.15) is 0 Å². The summed E-state index contributed by atoms with van der Waals surface area (Å²) in [6.45, 7) is 7.10. The van der Waals surface area contributed by atoms with Gasteiger partial charge in [0.15, 0.2) is 11.5 Å². The summed E-state index contributed by atoms with van der Waals surface area (Å²) in [5.41, 5.74) is 0.442. The van der Waals surface area contributed by atoms with E-state index in [2.05, 4.69) is 4.90 Å². The van der Waals surface area contributed by atoms with E-state index in [0.717, 1.165) is 30.0 Å². The Morgan fingerprint density at radius 3 is 2.55 bits per heavy atom. The van der Waals surface area contributed by atoms with Gasteiger partial charge >= 0.3 is 6.09 Å². The first-order valence-electron chi connectivity index (χ1n) is 10.5. The number of benzene rings is 1. The summed E-state index contributed by atoms with van der Waals surface area (Å²) in [5, 5.41) is 9.88. The first-order valence-corrected chi connectivity index (χ1v) is 10.5. The largest absolute Gasteiger partial charge is 0.493 e. The number of hydrogen-bond acceptors (Lipinski definition) is 6. The van der Waals surface area contributed by atoms with Gasteiger partial charge in [-0.3, -0.25) is 4.90 Å². The van der Waals surface area contributed by atoms with Crippen LogP contribution >= 0.6 is 0 Å². The molecular weight excluding hydrogens is 372 g/mol. The topological polar surface area (TPSA) is 71.5 Å². The summed E-state index contributed by atoms with van der Waals surface area (Å²) >= 11 is 0. The second-order valence-corrected chi connectivity index (χ2v) is 8.82. The van der Waals surface area contributed by atoms with Gasteiger partial charge in [0.05, 0.1) is 25.9 Å². The molecule has 1 atom stereocenters. The van der Waals surface area contributed by atoms with E-state index >= 15 is 0 Å². The molecule has 3 rings (SSSR count). The Balaban J connectivity index is 0.00000320. The highest BCUT2D eigenvalue weighted by molar-refractivity contribution is 5.69. The Kier molecular flexibility index (Phi) is 6.77. The van der Waals surface area contributed by atoms with Crippen molar-refractivity contribution in [2.45, 2.75) is 64.2 Å². The molecule has 1 saturated heterocycles. The molecule has 1 N–H and O–H groups in total. The van der Waals surface area contributed by atoms with Crippen molar-refractivity contribution < 1.29 is 25.5 Å². The lowest BCUT2D eigenvalue weighted by Gasteiger charge is -2.42. The number of carbonyl (C=O) groups excluding carboxylic acids is 1. The Bertz CT molecular complexity index is 703. The van der Waals surface area contributed by atoms with Crippen LogP contribution in [0.4, 0.5) is 10.5 Å². The highest BCUT2D eigenvalue weighted by Gasteiger charge is 2.33. The van der Waals surface area contributed by atoms with Crippen LogP contribution in [-0.4, -0.2) is 67.2 Å². The molecule has 1 saturated carbocycles. The third-order valence-electron chi connectivity index (χ3n) is 5.43. The van der Waals surface area contributed by atoms with Crippen molar-refractivity contribution >= 4 is 11.8 Å². The van der Waals surface area contributed by atoms with E-state index < -0.39 is 5.60 Å². The molecule has 0 spiro atoms. The third kappa shape index (κ3) is 5.47. The molecule has 1 aliphatic carbocycles. The number of hydrogen-bond donors (Lipinski definition) is 1. The monoisotopic (exact) mass is 408 g/mol. The molecule has 0 unspecified atom stereocenters. The van der Waals surface area contributed by atoms with Crippen molar-refractivity contribution in [1.29, 1.82) is 0 Å². The molecule has 1 heterocycles. The molecule has 2 aliphatic rings. The molecule has 0 bridgehead atoms. The number of amides is 1. The fourth-order valence-electron chi connectivity index (χ4n) is 3.95. The standard InChI is InChI=1S/C22H34N2O5.H2/c1-22(2,3)29-21(26)24-12-11-23(14-17(24)15-25)16-9-10-19(27-4)20(13-16)28-18-7-5-6-8-18;/h9-10,13,17-18,25H,5-8,11-12,14-15H2,1-4H3;1H/t17-;/m1./s1. The van der Waals surface area contributed by atoms with E-state index in [4.69, 9.17) is 14.2 Å². The van der Waals surface area contributed by atoms with Gasteiger partial charge in [0.25, 0.3) is 0 Å². The Morgan fingerprint density at radius 1 is 1.21 bits per heavy atom. The predicted molar refractivity (Wildman–Crippen MR) is 114 cm³/mol. The lowest BCUT2D eigenvalue weighted by atomic mass is 10.1. The van der Waals surface area contributed by atoms with Crippen molar-refractivity contribution in [2.24, 2.45) is 0 Å². The van der Waals surface area contributed by atoms with Crippen molar-refractivity contribution in [3.05, 3.63) is 18.2 Å². The first-order chi connectivity index (χ1) is 13.8. The highest BCUT2D eigenvalue weighted by Crippen LogP contribution is 2.35. The lowest BCUT2D eigenvalue weighted by molar-refractivity contribution is 0.00703. The van der Waals surface area contributed by atoms with Gasteiger partial charge in [-0.1, -0.05) is 0 Å². The predicted octanol–water partition coefficient (Wildman–Crippen LogP) is 3.68. The van der Waals surface area contributed by atoms with Crippen molar-refractivity contribution in [3.63, 3.8) is 0 Å². The van der Waals surface area contributed by atoms with Gasteiger partial charge in [-0.25, -0.2) is 4.79 Å². The van der Waals surface area contributed by atoms with Crippen LogP contribution < -0.4 is 14.4 Å². The average Bonchev–Trinajstić information content (AvgIpc) is 3.19. The molecule has 1 aromatic carbocycles. The molecule has 1 aliphatic heterocycles. The maximum atomic E-state index is 12.5. The Labute approximate surface area is 175 Å². The second kappa shape index (κ2) is 9.11. The van der Waals surface area contributed by atoms with Crippen LogP contribution in [0.2, 0.25) is 0 Å². The summed E-state index contributed by atoms with van der Waals surface area (Å²) in [6, 6.07) is 5.61. The minimum absolute atomic E-state index is 0. The highest BCUT2D eigenvalue weighted by atomic mass is 16.6. The van der Waals surface area contributed by atoms with E-state index in [-0.39, 0.29) is 26.3 Å². The molecule has 164 valence electrons. The number of nitrogens with zero attached hydrogens (tertiary/aromatic N) is 2. The lowest BCUT2D eigenvalue weighted by Crippen LogP contribution is -2.57. The quantitative estimate of drug-likeness (QED) is 0.801. The molecule has 0 radical (unpaired) electrons. The maximum absolute atomic E-state index is 12.5. The fourth-order valence-corrected chi connectivity index (χ4v) is 3.95. The van der Waals surface area contributed by atoms with E-state index in [1.807, 2.05) is 39.0 Å². The summed E-state index contributed by atoms with van der Waals surface area (Å²) < 4.78 is 17.2. The number of piperazine rings is 1. The summed E-state index contributed by atoms with van der Waals surface area (Å²) in [4.78, 5) is 16.3. The van der Waals surface area contributed by atoms with Gasteiger partial charge in [0, 0.05) is 32.8 Å². The van der Waals surface area contributed by atoms with Crippen LogP contribution in [0.1, 0.15) is 47.9 Å². The molecule has 1 aromatic rings. The van der Waals surface area contributed by atoms with Gasteiger partial charge in [0.1, 0.15) is 5.60 Å². The molecule has 2 fully saturated rings. The van der Waals surface area contributed by atoms with E-state index in [1.165, 1.54) is 12.8 Å². The molecule has 29 heavy (non-hydrogen) atoms. The molecule has 7 nitrogen and oxygen atoms in total. The van der Waals surface area contributed by atoms with Gasteiger partial charge in [-0.05, 0) is 58.6 Å². The first kappa shape index (κ1) is 21.6. The van der Waals surface area contributed by atoms with Crippen molar-refractivity contribution in [3.8, 4) is 11.5 Å². The smallest absolute Gasteiger partial charge is 0.410 e. The minimum Gasteiger partial charge on any atom is -0.493 e. The van der Waals surface area contributed by atoms with Crippen LogP contribution in [0.15, 0.2) is 18.2 Å². The maximum Gasteiger partial charge on any atom is 0.410 e. The Morgan fingerprint density at radius 2 is 1.93 bits per heavy atom. The minimum atomic E-state index is -0.559. The van der Waals surface area contributed by atoms with Gasteiger partial charge in [0.2, 0.25) is 0 Å². The number of aliphatic hydroxyl groups is 1. The van der Waals surface area contributed by atoms with Crippen molar-refractivity contribution in [2.75, 3.05) is 38.3 Å². The zero-order valence-corrected chi connectivity index (χ0v) is 18.0. The van der Waals surface area contributed by atoms with Gasteiger partial charge < -0.3 is 24.2 Å². The van der Waals surface area contributed by atoms with E-state index in [1.54, 1.807) is 12.0 Å². The van der Waals surface area contributed by atoms with E-state index in [9.17, 15) is 9.90 Å². The second-order valence-electron chi connectivity index (χ2n) is 8.82. The number of carbonyl (C=O) groups is 1. The van der Waals surface area contributed by atoms with Crippen LogP contribution in [0.25, 0.3) is 0 Å². The number of anilines is 1. The Hall–Kier alpha value is -2.15. The summed E-state index contributed by atoms with van der Waals surface area (Å²) in [5.74, 6) is 1.48. The zero-order valence-electron chi connectivity index (χ0n) is 18.0. The van der Waals surface area contributed by atoms with Crippen LogP contribution in [-0.2, 0) is 4.74 Å². The summed E-state index contributed by atoms with van der Waals surface area (Å²) in [6.07, 6.45) is 4.43. The molecule has 7 heteroatoms. The number of methoxy groups -OCH3 is 1. The average molecular weight is 409 g/mol. The number of rotatable bonds is 5. The molecular formula is C22H36N2O5. The van der Waals surface area contributed by atoms with Crippen LogP contribution in [0.5, 0.6) is 11.5 Å². The van der Waals surface area contributed by atoms with Gasteiger partial charge in [-0.15, -0.1) is 0 Å². The van der Waals surface area contributed by atoms with Crippen molar-refractivity contribution in [1.82, 2.24) is 4.90 Å². The van der Waals surface area contributed by atoms with Crippen LogP contribution in [0.3, 0.4) is 0 Å². The normalized spacial score (nSPS) is 20.7. The van der Waals surface area contributed by atoms with E-state index in [0.29, 0.717) is 19.6 Å². The zero-order chi connectivity index (χ0) is 21.0. The number of ether oxygens (including phenoxy) is 3. The fraction of sp³-hybridized carbons (Fsp3) is 0.682.